The van der Waals surface area contributed by atoms with E-state index in [0.717, 1.165) is 56.9 Å². The van der Waals surface area contributed by atoms with Gasteiger partial charge in [-0.3, -0.25) is 13.9 Å². The molecule has 5 rings (SSSR count). The van der Waals surface area contributed by atoms with Gasteiger partial charge in [0.05, 0.1) is 49.6 Å². The Morgan fingerprint density at radius 2 is 1.58 bits per heavy atom. The second-order valence-electron chi connectivity index (χ2n) is 10.5. The van der Waals surface area contributed by atoms with Crippen molar-refractivity contribution in [2.24, 2.45) is 0 Å². The molecule has 0 unspecified atom stereocenters. The van der Waals surface area contributed by atoms with E-state index in [1.54, 1.807) is 10.6 Å². The fraction of sp³-hybridized carbons (Fsp3) is 0.533. The van der Waals surface area contributed by atoms with Crippen molar-refractivity contribution in [3.8, 4) is 0 Å². The van der Waals surface area contributed by atoms with Crippen LogP contribution < -0.4 is 16.6 Å². The van der Waals surface area contributed by atoms with Gasteiger partial charge in [-0.25, -0.2) is 9.18 Å². The van der Waals surface area contributed by atoms with Crippen LogP contribution in [-0.2, 0) is 22.6 Å². The van der Waals surface area contributed by atoms with E-state index >= 15 is 4.39 Å². The molecule has 8 heteroatoms. The van der Waals surface area contributed by atoms with Crippen LogP contribution in [-0.4, -0.2) is 35.0 Å². The minimum Gasteiger partial charge on any atom is -0.380 e. The fourth-order valence-corrected chi connectivity index (χ4v) is 5.83. The second kappa shape index (κ2) is 12.7. The average molecular weight is 524 g/mol. The summed E-state index contributed by atoms with van der Waals surface area (Å²) in [4.78, 5) is 27.0. The van der Waals surface area contributed by atoms with Crippen molar-refractivity contribution in [1.82, 2.24) is 9.13 Å². The first kappa shape index (κ1) is 26.6. The summed E-state index contributed by atoms with van der Waals surface area (Å²) in [7, 11) is 0. The predicted octanol–water partition coefficient (Wildman–Crippen LogP) is 5.40. The van der Waals surface area contributed by atoms with Crippen molar-refractivity contribution >= 4 is 16.6 Å². The van der Waals surface area contributed by atoms with Gasteiger partial charge in [-0.2, -0.15) is 0 Å². The third-order valence-electron chi connectivity index (χ3n) is 7.85. The Morgan fingerprint density at radius 3 is 2.34 bits per heavy atom. The van der Waals surface area contributed by atoms with Crippen molar-refractivity contribution in [2.45, 2.75) is 83.0 Å². The maximum atomic E-state index is 15.2. The molecule has 2 saturated carbocycles. The van der Waals surface area contributed by atoms with Crippen molar-refractivity contribution in [2.75, 3.05) is 25.1 Å². The minimum atomic E-state index is -0.466. The molecule has 0 atom stereocenters. The molecule has 0 radical (unpaired) electrons. The number of ether oxygens (including phenoxy) is 2. The SMILES string of the molecule is O=c1c2cc(F)c(NC3CCCCC3)cc2n(C2CCCC2)c(=O)n1CCOCCOCc1ccccc1. The van der Waals surface area contributed by atoms with Crippen LogP contribution in [0.1, 0.15) is 69.4 Å². The summed E-state index contributed by atoms with van der Waals surface area (Å²) >= 11 is 0. The second-order valence-corrected chi connectivity index (χ2v) is 10.5. The first-order valence-corrected chi connectivity index (χ1v) is 14.1. The topological polar surface area (TPSA) is 74.5 Å². The predicted molar refractivity (Wildman–Crippen MR) is 147 cm³/mol. The van der Waals surface area contributed by atoms with Gasteiger partial charge in [-0.1, -0.05) is 62.4 Å². The third kappa shape index (κ3) is 6.18. The summed E-state index contributed by atoms with van der Waals surface area (Å²) in [5.74, 6) is -0.449. The number of halogens is 1. The molecule has 204 valence electrons. The maximum absolute atomic E-state index is 15.2. The summed E-state index contributed by atoms with van der Waals surface area (Å²) in [6.45, 7) is 1.59. The van der Waals surface area contributed by atoms with E-state index in [1.165, 1.54) is 17.1 Å². The van der Waals surface area contributed by atoms with E-state index in [1.807, 2.05) is 30.3 Å². The lowest BCUT2D eigenvalue weighted by Gasteiger charge is -2.25. The smallest absolute Gasteiger partial charge is 0.331 e. The van der Waals surface area contributed by atoms with Gasteiger partial charge >= 0.3 is 5.69 Å². The number of aromatic nitrogens is 2. The normalized spacial score (nSPS) is 16.9. The number of hydrogen-bond donors (Lipinski definition) is 1. The van der Waals surface area contributed by atoms with Gasteiger partial charge in [0.25, 0.3) is 5.56 Å². The number of nitrogens with one attached hydrogen (secondary N) is 1. The Bertz CT molecular complexity index is 1330. The molecule has 1 aromatic heterocycles. The van der Waals surface area contributed by atoms with Crippen molar-refractivity contribution < 1.29 is 13.9 Å². The standard InChI is InChI=1S/C30H38FN3O4/c31-26-19-25-28(20-27(26)32-23-11-5-2-6-12-23)34(24-13-7-8-14-24)30(36)33(29(25)35)15-16-37-17-18-38-21-22-9-3-1-4-10-22/h1,3-4,9-10,19-20,23-24,32H,2,5-8,11-18,21H2. The molecule has 1 N–H and O–H groups in total. The molecule has 2 aromatic carbocycles. The number of rotatable bonds is 11. The van der Waals surface area contributed by atoms with Crippen molar-refractivity contribution in [3.05, 3.63) is 74.7 Å². The third-order valence-corrected chi connectivity index (χ3v) is 7.85. The Kier molecular flexibility index (Phi) is 8.91. The van der Waals surface area contributed by atoms with Gasteiger partial charge < -0.3 is 14.8 Å². The molecule has 7 nitrogen and oxygen atoms in total. The minimum absolute atomic E-state index is 0.0112. The zero-order valence-corrected chi connectivity index (χ0v) is 22.0. The summed E-state index contributed by atoms with van der Waals surface area (Å²) in [5.41, 5.74) is 1.19. The molecule has 0 bridgehead atoms. The quantitative estimate of drug-likeness (QED) is 0.341. The van der Waals surface area contributed by atoms with Crippen LogP contribution in [0.2, 0.25) is 0 Å². The van der Waals surface area contributed by atoms with E-state index in [2.05, 4.69) is 5.32 Å². The molecule has 0 saturated heterocycles. The molecular formula is C30H38FN3O4. The Morgan fingerprint density at radius 1 is 0.868 bits per heavy atom. The van der Waals surface area contributed by atoms with Gasteiger partial charge in [0.1, 0.15) is 5.82 Å². The molecule has 0 spiro atoms. The van der Waals surface area contributed by atoms with E-state index < -0.39 is 11.4 Å². The Hall–Kier alpha value is -2.97. The van der Waals surface area contributed by atoms with Crippen molar-refractivity contribution in [3.63, 3.8) is 0 Å². The van der Waals surface area contributed by atoms with Gasteiger partial charge in [-0.05, 0) is 43.4 Å². The molecule has 0 aliphatic heterocycles. The molecule has 2 fully saturated rings. The van der Waals surface area contributed by atoms with Crippen LogP contribution in [0.15, 0.2) is 52.1 Å². The summed E-state index contributed by atoms with van der Waals surface area (Å²) in [6, 6.07) is 13.1. The molecule has 0 amide bonds. The average Bonchev–Trinajstić information content (AvgIpc) is 3.47. The van der Waals surface area contributed by atoms with Crippen LogP contribution in [0.25, 0.3) is 10.9 Å². The van der Waals surface area contributed by atoms with E-state index in [-0.39, 0.29) is 36.3 Å². The Balaban J connectivity index is 1.32. The van der Waals surface area contributed by atoms with E-state index in [4.69, 9.17) is 9.47 Å². The highest BCUT2D eigenvalue weighted by Crippen LogP contribution is 2.32. The molecule has 3 aromatic rings. The van der Waals surface area contributed by atoms with Crippen LogP contribution in [0.4, 0.5) is 10.1 Å². The highest BCUT2D eigenvalue weighted by Gasteiger charge is 2.25. The van der Waals surface area contributed by atoms with Crippen LogP contribution in [0.3, 0.4) is 0 Å². The van der Waals surface area contributed by atoms with Crippen molar-refractivity contribution in [1.29, 1.82) is 0 Å². The molecule has 2 aliphatic carbocycles. The lowest BCUT2D eigenvalue weighted by molar-refractivity contribution is 0.0374. The first-order chi connectivity index (χ1) is 18.6. The van der Waals surface area contributed by atoms with Crippen LogP contribution in [0, 0.1) is 5.82 Å². The zero-order valence-electron chi connectivity index (χ0n) is 22.0. The van der Waals surface area contributed by atoms with E-state index in [9.17, 15) is 9.59 Å². The lowest BCUT2D eigenvalue weighted by atomic mass is 9.95. The fourth-order valence-electron chi connectivity index (χ4n) is 5.83. The maximum Gasteiger partial charge on any atom is 0.331 e. The summed E-state index contributed by atoms with van der Waals surface area (Å²) in [6.07, 6.45) is 9.32. The Labute approximate surface area is 222 Å². The van der Waals surface area contributed by atoms with Gasteiger partial charge in [-0.15, -0.1) is 0 Å². The molecule has 2 aliphatic rings. The molecule has 1 heterocycles. The number of nitrogens with zero attached hydrogens (tertiary/aromatic N) is 2. The summed E-state index contributed by atoms with van der Waals surface area (Å²) < 4.78 is 29.5. The lowest BCUT2D eigenvalue weighted by Crippen LogP contribution is -2.42. The first-order valence-electron chi connectivity index (χ1n) is 14.1. The van der Waals surface area contributed by atoms with Crippen LogP contribution >= 0.6 is 0 Å². The highest BCUT2D eigenvalue weighted by molar-refractivity contribution is 5.82. The molecule has 38 heavy (non-hydrogen) atoms. The van der Waals surface area contributed by atoms with Crippen LogP contribution in [0.5, 0.6) is 0 Å². The zero-order chi connectivity index (χ0) is 26.3. The van der Waals surface area contributed by atoms with Gasteiger partial charge in [0, 0.05) is 12.1 Å². The number of hydrogen-bond acceptors (Lipinski definition) is 5. The number of anilines is 1. The highest BCUT2D eigenvalue weighted by atomic mass is 19.1. The van der Waals surface area contributed by atoms with Gasteiger partial charge in [0.2, 0.25) is 0 Å². The number of benzene rings is 2. The van der Waals surface area contributed by atoms with Gasteiger partial charge in [0.15, 0.2) is 0 Å². The largest absolute Gasteiger partial charge is 0.380 e. The number of fused-ring (bicyclic) bond motifs is 1. The monoisotopic (exact) mass is 523 g/mol. The van der Waals surface area contributed by atoms with E-state index in [0.29, 0.717) is 31.0 Å². The molecular weight excluding hydrogens is 485 g/mol. The summed E-state index contributed by atoms with van der Waals surface area (Å²) in [5, 5.41) is 3.60.